The molecule has 82 valence electrons. The van der Waals surface area contributed by atoms with Crippen LogP contribution in [0.3, 0.4) is 0 Å². The molecule has 0 saturated carbocycles. The zero-order valence-electron chi connectivity index (χ0n) is 9.16. The van der Waals surface area contributed by atoms with Crippen molar-refractivity contribution in [2.75, 3.05) is 37.7 Å². The van der Waals surface area contributed by atoms with Crippen LogP contribution >= 0.6 is 11.8 Å². The largest absolute Gasteiger partial charge is 0.325 e. The Labute approximate surface area is 90.8 Å². The second-order valence-corrected chi connectivity index (χ2v) is 4.63. The minimum Gasteiger partial charge on any atom is -0.325 e. The van der Waals surface area contributed by atoms with Crippen LogP contribution in [0.5, 0.6) is 0 Å². The van der Waals surface area contributed by atoms with Gasteiger partial charge in [0.15, 0.2) is 0 Å². The predicted molar refractivity (Wildman–Crippen MR) is 61.8 cm³/mol. The molecule has 2 amide bonds. The van der Waals surface area contributed by atoms with Gasteiger partial charge in [0.25, 0.3) is 0 Å². The maximum Gasteiger partial charge on any atom is 0.320 e. The van der Waals surface area contributed by atoms with E-state index >= 15 is 0 Å². The molecule has 0 aliphatic carbocycles. The molecule has 1 aliphatic heterocycles. The zero-order chi connectivity index (χ0) is 10.4. The minimum atomic E-state index is 0.220. The van der Waals surface area contributed by atoms with E-state index in [9.17, 15) is 4.79 Å². The van der Waals surface area contributed by atoms with Gasteiger partial charge in [-0.05, 0) is 26.0 Å². The van der Waals surface area contributed by atoms with E-state index in [-0.39, 0.29) is 6.03 Å². The molecule has 0 unspecified atom stereocenters. The van der Waals surface area contributed by atoms with Crippen LogP contribution in [-0.2, 0) is 0 Å². The Morgan fingerprint density at radius 2 is 2.00 bits per heavy atom. The van der Waals surface area contributed by atoms with E-state index in [1.54, 1.807) is 0 Å². The van der Waals surface area contributed by atoms with Crippen LogP contribution in [0, 0.1) is 0 Å². The molecule has 3 nitrogen and oxygen atoms in total. The van der Waals surface area contributed by atoms with Gasteiger partial charge >= 0.3 is 6.03 Å². The third-order valence-electron chi connectivity index (χ3n) is 2.53. The van der Waals surface area contributed by atoms with Crippen LogP contribution in [0.25, 0.3) is 0 Å². The van der Waals surface area contributed by atoms with E-state index in [0.717, 1.165) is 38.4 Å². The topological polar surface area (TPSA) is 23.6 Å². The van der Waals surface area contributed by atoms with Crippen LogP contribution in [0.2, 0.25) is 0 Å². The number of nitrogens with zero attached hydrogens (tertiary/aromatic N) is 2. The molecule has 1 saturated heterocycles. The van der Waals surface area contributed by atoms with Gasteiger partial charge in [0.2, 0.25) is 0 Å². The first-order chi connectivity index (χ1) is 6.79. The van der Waals surface area contributed by atoms with E-state index < -0.39 is 0 Å². The summed E-state index contributed by atoms with van der Waals surface area (Å²) in [6.07, 6.45) is 1.14. The lowest BCUT2D eigenvalue weighted by Crippen LogP contribution is -2.43. The molecule has 1 heterocycles. The number of carbonyl (C=O) groups is 1. The first-order valence-electron chi connectivity index (χ1n) is 5.41. The second-order valence-electron chi connectivity index (χ2n) is 3.41. The summed E-state index contributed by atoms with van der Waals surface area (Å²) >= 11 is 1.95. The standard InChI is InChI=1S/C10H20N2OS/c1-3-11(4-2)10(13)12-6-5-8-14-9-7-12/h3-9H2,1-2H3. The van der Waals surface area contributed by atoms with Crippen LogP contribution < -0.4 is 0 Å². The molecule has 1 fully saturated rings. The summed E-state index contributed by atoms with van der Waals surface area (Å²) < 4.78 is 0. The highest BCUT2D eigenvalue weighted by Crippen LogP contribution is 2.11. The molecule has 0 aromatic rings. The van der Waals surface area contributed by atoms with Crippen molar-refractivity contribution in [2.45, 2.75) is 20.3 Å². The fraction of sp³-hybridized carbons (Fsp3) is 0.900. The second kappa shape index (κ2) is 6.17. The van der Waals surface area contributed by atoms with Crippen LogP contribution in [-0.4, -0.2) is 53.5 Å². The third kappa shape index (κ3) is 3.08. The van der Waals surface area contributed by atoms with Gasteiger partial charge < -0.3 is 9.80 Å². The molecule has 14 heavy (non-hydrogen) atoms. The highest BCUT2D eigenvalue weighted by molar-refractivity contribution is 7.99. The SMILES string of the molecule is CCN(CC)C(=O)N1CCCSCC1. The average Bonchev–Trinajstić information content (AvgIpc) is 2.47. The van der Waals surface area contributed by atoms with Gasteiger partial charge in [-0.2, -0.15) is 11.8 Å². The van der Waals surface area contributed by atoms with Crippen molar-refractivity contribution in [3.8, 4) is 0 Å². The van der Waals surface area contributed by atoms with Gasteiger partial charge in [0.1, 0.15) is 0 Å². The Bertz CT molecular complexity index is 175. The lowest BCUT2D eigenvalue weighted by molar-refractivity contribution is 0.161. The van der Waals surface area contributed by atoms with Crippen molar-refractivity contribution in [1.29, 1.82) is 0 Å². The number of amides is 2. The fourth-order valence-corrected chi connectivity index (χ4v) is 2.52. The molecule has 0 aromatic carbocycles. The molecule has 0 bridgehead atoms. The lowest BCUT2D eigenvalue weighted by Gasteiger charge is -2.27. The van der Waals surface area contributed by atoms with Gasteiger partial charge in [-0.3, -0.25) is 0 Å². The summed E-state index contributed by atoms with van der Waals surface area (Å²) in [6.45, 7) is 7.56. The van der Waals surface area contributed by atoms with Gasteiger partial charge in [-0.15, -0.1) is 0 Å². The van der Waals surface area contributed by atoms with Crippen molar-refractivity contribution >= 4 is 17.8 Å². The number of urea groups is 1. The van der Waals surface area contributed by atoms with Crippen molar-refractivity contribution in [2.24, 2.45) is 0 Å². The van der Waals surface area contributed by atoms with Gasteiger partial charge in [-0.25, -0.2) is 4.79 Å². The molecule has 4 heteroatoms. The number of thioether (sulfide) groups is 1. The Morgan fingerprint density at radius 3 is 2.64 bits per heavy atom. The summed E-state index contributed by atoms with van der Waals surface area (Å²) in [5.74, 6) is 2.29. The molecule has 0 aromatic heterocycles. The maximum atomic E-state index is 12.0. The molecule has 0 N–H and O–H groups in total. The monoisotopic (exact) mass is 216 g/mol. The maximum absolute atomic E-state index is 12.0. The third-order valence-corrected chi connectivity index (χ3v) is 3.58. The van der Waals surface area contributed by atoms with E-state index in [4.69, 9.17) is 0 Å². The Kier molecular flexibility index (Phi) is 5.15. The molecule has 1 rings (SSSR count). The van der Waals surface area contributed by atoms with Crippen molar-refractivity contribution in [3.05, 3.63) is 0 Å². The summed E-state index contributed by atoms with van der Waals surface area (Å²) in [5.41, 5.74) is 0. The molecule has 0 spiro atoms. The number of hydrogen-bond acceptors (Lipinski definition) is 2. The molecular formula is C10H20N2OS. The van der Waals surface area contributed by atoms with Gasteiger partial charge in [-0.1, -0.05) is 0 Å². The van der Waals surface area contributed by atoms with E-state index in [0.29, 0.717) is 0 Å². The zero-order valence-corrected chi connectivity index (χ0v) is 9.98. The first-order valence-corrected chi connectivity index (χ1v) is 6.56. The molecule has 0 radical (unpaired) electrons. The van der Waals surface area contributed by atoms with E-state index in [1.807, 2.05) is 35.4 Å². The highest BCUT2D eigenvalue weighted by atomic mass is 32.2. The number of hydrogen-bond donors (Lipinski definition) is 0. The fourth-order valence-electron chi connectivity index (χ4n) is 1.63. The summed E-state index contributed by atoms with van der Waals surface area (Å²) in [6, 6.07) is 0.220. The van der Waals surface area contributed by atoms with E-state index in [1.165, 1.54) is 5.75 Å². The highest BCUT2D eigenvalue weighted by Gasteiger charge is 2.19. The summed E-state index contributed by atoms with van der Waals surface area (Å²) in [5, 5.41) is 0. The quantitative estimate of drug-likeness (QED) is 0.703. The van der Waals surface area contributed by atoms with Gasteiger partial charge in [0, 0.05) is 31.9 Å². The van der Waals surface area contributed by atoms with Crippen molar-refractivity contribution in [1.82, 2.24) is 9.80 Å². The van der Waals surface area contributed by atoms with Crippen molar-refractivity contribution < 1.29 is 4.79 Å². The van der Waals surface area contributed by atoms with Crippen LogP contribution in [0.4, 0.5) is 4.79 Å². The van der Waals surface area contributed by atoms with E-state index in [2.05, 4.69) is 0 Å². The van der Waals surface area contributed by atoms with Crippen LogP contribution in [0.15, 0.2) is 0 Å². The molecular weight excluding hydrogens is 196 g/mol. The Balaban J connectivity index is 2.48. The number of carbonyl (C=O) groups excluding carboxylic acids is 1. The predicted octanol–water partition coefficient (Wildman–Crippen LogP) is 1.89. The number of rotatable bonds is 2. The smallest absolute Gasteiger partial charge is 0.320 e. The molecule has 1 aliphatic rings. The van der Waals surface area contributed by atoms with Crippen molar-refractivity contribution in [3.63, 3.8) is 0 Å². The molecule has 0 atom stereocenters. The average molecular weight is 216 g/mol. The van der Waals surface area contributed by atoms with Gasteiger partial charge in [0.05, 0.1) is 0 Å². The minimum absolute atomic E-state index is 0.220. The summed E-state index contributed by atoms with van der Waals surface area (Å²) in [4.78, 5) is 15.8. The normalized spacial score (nSPS) is 17.7. The Morgan fingerprint density at radius 1 is 1.29 bits per heavy atom. The first kappa shape index (κ1) is 11.7. The van der Waals surface area contributed by atoms with Crippen LogP contribution in [0.1, 0.15) is 20.3 Å². The Hall–Kier alpha value is -0.380. The lowest BCUT2D eigenvalue weighted by atomic mass is 10.4. The summed E-state index contributed by atoms with van der Waals surface area (Å²) in [7, 11) is 0.